The van der Waals surface area contributed by atoms with Crippen LogP contribution in [-0.2, 0) is 4.79 Å². The van der Waals surface area contributed by atoms with Crippen LogP contribution in [-0.4, -0.2) is 23.7 Å². The van der Waals surface area contributed by atoms with Crippen molar-refractivity contribution in [2.24, 2.45) is 11.8 Å². The SMILES string of the molecule is CC(C(=O)O)[C@@H]1CN[C@H](C)C1. The van der Waals surface area contributed by atoms with Crippen molar-refractivity contribution in [1.82, 2.24) is 5.32 Å². The van der Waals surface area contributed by atoms with Gasteiger partial charge in [0.15, 0.2) is 0 Å². The van der Waals surface area contributed by atoms with Gasteiger partial charge in [0.1, 0.15) is 0 Å². The van der Waals surface area contributed by atoms with Crippen LogP contribution in [0.15, 0.2) is 0 Å². The first kappa shape index (κ1) is 8.53. The maximum Gasteiger partial charge on any atom is 0.306 e. The average Bonchev–Trinajstić information content (AvgIpc) is 2.34. The molecule has 3 atom stereocenters. The quantitative estimate of drug-likeness (QED) is 0.620. The van der Waals surface area contributed by atoms with E-state index in [1.54, 1.807) is 6.92 Å². The van der Waals surface area contributed by atoms with E-state index in [1.807, 2.05) is 0 Å². The van der Waals surface area contributed by atoms with E-state index in [9.17, 15) is 4.79 Å². The molecular weight excluding hydrogens is 142 g/mol. The molecule has 3 heteroatoms. The van der Waals surface area contributed by atoms with Crippen molar-refractivity contribution in [2.75, 3.05) is 6.54 Å². The lowest BCUT2D eigenvalue weighted by Gasteiger charge is -2.12. The molecule has 0 aromatic heterocycles. The van der Waals surface area contributed by atoms with Gasteiger partial charge in [0.25, 0.3) is 0 Å². The zero-order valence-electron chi connectivity index (χ0n) is 7.00. The van der Waals surface area contributed by atoms with Gasteiger partial charge in [0.05, 0.1) is 5.92 Å². The number of carbonyl (C=O) groups is 1. The highest BCUT2D eigenvalue weighted by atomic mass is 16.4. The van der Waals surface area contributed by atoms with Crippen molar-refractivity contribution >= 4 is 5.97 Å². The van der Waals surface area contributed by atoms with Gasteiger partial charge in [-0.05, 0) is 25.8 Å². The van der Waals surface area contributed by atoms with Gasteiger partial charge in [-0.1, -0.05) is 6.92 Å². The fourth-order valence-electron chi connectivity index (χ4n) is 1.56. The number of carboxylic acid groups (broad SMARTS) is 1. The molecule has 1 rings (SSSR count). The monoisotopic (exact) mass is 157 g/mol. The molecular formula is C8H15NO2. The number of hydrogen-bond acceptors (Lipinski definition) is 2. The van der Waals surface area contributed by atoms with Crippen LogP contribution in [0.3, 0.4) is 0 Å². The molecule has 2 N–H and O–H groups in total. The molecule has 1 aliphatic rings. The van der Waals surface area contributed by atoms with E-state index in [4.69, 9.17) is 5.11 Å². The summed E-state index contributed by atoms with van der Waals surface area (Å²) in [5.41, 5.74) is 0. The Morgan fingerprint density at radius 2 is 2.36 bits per heavy atom. The predicted molar refractivity (Wildman–Crippen MR) is 42.4 cm³/mol. The lowest BCUT2D eigenvalue weighted by molar-refractivity contribution is -0.142. The average molecular weight is 157 g/mol. The van der Waals surface area contributed by atoms with Crippen LogP contribution in [0.2, 0.25) is 0 Å². The molecule has 3 nitrogen and oxygen atoms in total. The van der Waals surface area contributed by atoms with Crippen LogP contribution < -0.4 is 5.32 Å². The molecule has 1 heterocycles. The maximum absolute atomic E-state index is 10.6. The summed E-state index contributed by atoms with van der Waals surface area (Å²) in [7, 11) is 0. The summed E-state index contributed by atoms with van der Waals surface area (Å²) in [6.45, 7) is 4.73. The summed E-state index contributed by atoms with van der Waals surface area (Å²) < 4.78 is 0. The zero-order valence-corrected chi connectivity index (χ0v) is 7.00. The highest BCUT2D eigenvalue weighted by Gasteiger charge is 2.29. The van der Waals surface area contributed by atoms with Crippen molar-refractivity contribution in [3.8, 4) is 0 Å². The molecule has 0 bridgehead atoms. The number of hydrogen-bond donors (Lipinski definition) is 2. The Morgan fingerprint density at radius 3 is 2.73 bits per heavy atom. The smallest absolute Gasteiger partial charge is 0.306 e. The Bertz CT molecular complexity index is 158. The first-order valence-electron chi connectivity index (χ1n) is 4.07. The van der Waals surface area contributed by atoms with Crippen molar-refractivity contribution < 1.29 is 9.90 Å². The molecule has 0 saturated carbocycles. The predicted octanol–water partition coefficient (Wildman–Crippen LogP) is 0.705. The van der Waals surface area contributed by atoms with E-state index in [1.165, 1.54) is 0 Å². The lowest BCUT2D eigenvalue weighted by atomic mass is 9.92. The molecule has 0 amide bonds. The fraction of sp³-hybridized carbons (Fsp3) is 0.875. The molecule has 64 valence electrons. The Labute approximate surface area is 66.8 Å². The van der Waals surface area contributed by atoms with Crippen LogP contribution in [0.5, 0.6) is 0 Å². The minimum Gasteiger partial charge on any atom is -0.481 e. The van der Waals surface area contributed by atoms with Gasteiger partial charge in [-0.15, -0.1) is 0 Å². The largest absolute Gasteiger partial charge is 0.481 e. The van der Waals surface area contributed by atoms with Gasteiger partial charge in [0, 0.05) is 6.04 Å². The molecule has 0 aromatic rings. The van der Waals surface area contributed by atoms with Crippen molar-refractivity contribution in [3.63, 3.8) is 0 Å². The normalized spacial score (nSPS) is 33.6. The third kappa shape index (κ3) is 1.93. The number of nitrogens with one attached hydrogen (secondary N) is 1. The summed E-state index contributed by atoms with van der Waals surface area (Å²) in [4.78, 5) is 10.6. The molecule has 1 aliphatic heterocycles. The molecule has 0 aliphatic carbocycles. The second-order valence-electron chi connectivity index (χ2n) is 3.43. The Kier molecular flexibility index (Phi) is 2.49. The number of carboxylic acids is 1. The standard InChI is InChI=1S/C8H15NO2/c1-5-3-7(4-9-5)6(2)8(10)11/h5-7,9H,3-4H2,1-2H3,(H,10,11)/t5-,6?,7+/m1/s1. The van der Waals surface area contributed by atoms with Gasteiger partial charge in [-0.25, -0.2) is 0 Å². The van der Waals surface area contributed by atoms with Gasteiger partial charge < -0.3 is 10.4 Å². The van der Waals surface area contributed by atoms with Gasteiger partial charge >= 0.3 is 5.97 Å². The zero-order chi connectivity index (χ0) is 8.43. The molecule has 1 saturated heterocycles. The van der Waals surface area contributed by atoms with Gasteiger partial charge in [0.2, 0.25) is 0 Å². The van der Waals surface area contributed by atoms with E-state index in [2.05, 4.69) is 12.2 Å². The molecule has 11 heavy (non-hydrogen) atoms. The van der Waals surface area contributed by atoms with Crippen LogP contribution in [0.1, 0.15) is 20.3 Å². The summed E-state index contributed by atoms with van der Waals surface area (Å²) in [5.74, 6) is -0.555. The summed E-state index contributed by atoms with van der Waals surface area (Å²) in [6, 6.07) is 0.488. The molecule has 1 unspecified atom stereocenters. The second-order valence-corrected chi connectivity index (χ2v) is 3.43. The molecule has 0 radical (unpaired) electrons. The maximum atomic E-state index is 10.6. The van der Waals surface area contributed by atoms with E-state index < -0.39 is 5.97 Å². The first-order valence-corrected chi connectivity index (χ1v) is 4.07. The van der Waals surface area contributed by atoms with Crippen molar-refractivity contribution in [2.45, 2.75) is 26.3 Å². The highest BCUT2D eigenvalue weighted by molar-refractivity contribution is 5.69. The van der Waals surface area contributed by atoms with Crippen LogP contribution in [0.25, 0.3) is 0 Å². The summed E-state index contributed by atoms with van der Waals surface area (Å²) in [5, 5.41) is 11.9. The summed E-state index contributed by atoms with van der Waals surface area (Å²) >= 11 is 0. The van der Waals surface area contributed by atoms with E-state index >= 15 is 0 Å². The topological polar surface area (TPSA) is 49.3 Å². The van der Waals surface area contributed by atoms with Gasteiger partial charge in [-0.3, -0.25) is 4.79 Å². The van der Waals surface area contributed by atoms with E-state index in [-0.39, 0.29) is 5.92 Å². The molecule has 0 spiro atoms. The van der Waals surface area contributed by atoms with Crippen LogP contribution in [0.4, 0.5) is 0 Å². The van der Waals surface area contributed by atoms with E-state index in [0.29, 0.717) is 12.0 Å². The number of aliphatic carboxylic acids is 1. The minimum absolute atomic E-state index is 0.201. The Balaban J connectivity index is 2.43. The Hall–Kier alpha value is -0.570. The molecule has 0 aromatic carbocycles. The third-order valence-corrected chi connectivity index (χ3v) is 2.48. The van der Waals surface area contributed by atoms with Crippen LogP contribution >= 0.6 is 0 Å². The van der Waals surface area contributed by atoms with Crippen molar-refractivity contribution in [1.29, 1.82) is 0 Å². The van der Waals surface area contributed by atoms with Crippen molar-refractivity contribution in [3.05, 3.63) is 0 Å². The minimum atomic E-state index is -0.675. The first-order chi connectivity index (χ1) is 5.11. The fourth-order valence-corrected chi connectivity index (χ4v) is 1.56. The van der Waals surface area contributed by atoms with Crippen LogP contribution in [0, 0.1) is 11.8 Å². The lowest BCUT2D eigenvalue weighted by Crippen LogP contribution is -2.22. The second kappa shape index (κ2) is 3.22. The van der Waals surface area contributed by atoms with E-state index in [0.717, 1.165) is 13.0 Å². The highest BCUT2D eigenvalue weighted by Crippen LogP contribution is 2.21. The molecule has 1 fully saturated rings. The summed E-state index contributed by atoms with van der Waals surface area (Å²) in [6.07, 6.45) is 0.994. The number of rotatable bonds is 2. The Morgan fingerprint density at radius 1 is 1.73 bits per heavy atom. The third-order valence-electron chi connectivity index (χ3n) is 2.48. The van der Waals surface area contributed by atoms with Gasteiger partial charge in [-0.2, -0.15) is 0 Å².